The van der Waals surface area contributed by atoms with Crippen molar-refractivity contribution in [1.29, 1.82) is 0 Å². The fourth-order valence-corrected chi connectivity index (χ4v) is 6.70. The summed E-state index contributed by atoms with van der Waals surface area (Å²) in [5, 5.41) is 2.85. The Kier molecular flexibility index (Phi) is 8.39. The number of halogens is 1. The lowest BCUT2D eigenvalue weighted by atomic mass is 10.0. The smallest absolute Gasteiger partial charge is 0.319 e. The molecule has 3 aliphatic heterocycles. The number of likely N-dealkylation sites (N-methyl/N-ethyl adjacent to an activating group) is 1. The molecule has 2 aromatic carbocycles. The van der Waals surface area contributed by atoms with Crippen molar-refractivity contribution in [2.24, 2.45) is 0 Å². The van der Waals surface area contributed by atoms with Crippen molar-refractivity contribution >= 4 is 39.8 Å². The summed E-state index contributed by atoms with van der Waals surface area (Å²) in [6.45, 7) is 15.3. The Balaban J connectivity index is 1.37. The van der Waals surface area contributed by atoms with Gasteiger partial charge in [0, 0.05) is 42.8 Å². The van der Waals surface area contributed by atoms with Gasteiger partial charge in [-0.2, -0.15) is 9.97 Å². The quantitative estimate of drug-likeness (QED) is 0.300. The third-order valence-electron chi connectivity index (χ3n) is 8.66. The number of hydrogen-bond acceptors (Lipinski definition) is 8. The SMILES string of the molecule is [C-]#[N+]C[C@H]1CN(c2nc(O[C@@H]3COC[C@H]3N(C)C)nc3c2CCN(c2cccc4cccc(Cl)c24)C3)CCN1C(=O)C=C. The van der Waals surface area contributed by atoms with Crippen LogP contribution in [-0.2, 0) is 22.5 Å². The number of anilines is 2. The Morgan fingerprint density at radius 3 is 2.77 bits per heavy atom. The van der Waals surface area contributed by atoms with Gasteiger partial charge in [-0.25, -0.2) is 6.57 Å². The summed E-state index contributed by atoms with van der Waals surface area (Å²) in [5.74, 6) is 0.666. The summed E-state index contributed by atoms with van der Waals surface area (Å²) in [4.78, 5) is 34.5. The van der Waals surface area contributed by atoms with E-state index in [0.29, 0.717) is 45.4 Å². The molecule has 0 aliphatic carbocycles. The molecule has 11 heteroatoms. The van der Waals surface area contributed by atoms with Crippen molar-refractivity contribution in [3.63, 3.8) is 0 Å². The van der Waals surface area contributed by atoms with Crippen LogP contribution in [0.1, 0.15) is 11.3 Å². The maximum atomic E-state index is 12.6. The maximum Gasteiger partial charge on any atom is 0.319 e. The molecule has 0 unspecified atom stereocenters. The molecule has 2 fully saturated rings. The van der Waals surface area contributed by atoms with Crippen LogP contribution in [-0.4, -0.2) is 104 Å². The first-order valence-corrected chi connectivity index (χ1v) is 15.0. The number of carbonyl (C=O) groups is 1. The van der Waals surface area contributed by atoms with Crippen molar-refractivity contribution in [3.8, 4) is 6.01 Å². The van der Waals surface area contributed by atoms with E-state index < -0.39 is 0 Å². The fourth-order valence-electron chi connectivity index (χ4n) is 6.42. The second-order valence-electron chi connectivity index (χ2n) is 11.4. The Labute approximate surface area is 257 Å². The number of hydrogen-bond donors (Lipinski definition) is 0. The highest BCUT2D eigenvalue weighted by molar-refractivity contribution is 6.36. The number of benzene rings is 2. The van der Waals surface area contributed by atoms with Gasteiger partial charge in [0.15, 0.2) is 0 Å². The van der Waals surface area contributed by atoms with E-state index in [0.717, 1.165) is 51.5 Å². The second-order valence-corrected chi connectivity index (χ2v) is 11.8. The van der Waals surface area contributed by atoms with E-state index in [1.807, 2.05) is 26.2 Å². The minimum atomic E-state index is -0.258. The van der Waals surface area contributed by atoms with Crippen LogP contribution < -0.4 is 14.5 Å². The maximum absolute atomic E-state index is 12.6. The van der Waals surface area contributed by atoms with E-state index in [2.05, 4.69) is 50.4 Å². The Hall–Kier alpha value is -3.91. The monoisotopic (exact) mass is 601 g/mol. The number of carbonyl (C=O) groups excluding carboxylic acids is 1. The topological polar surface area (TPSA) is 78.6 Å². The minimum Gasteiger partial charge on any atom is -0.456 e. The molecule has 1 amide bonds. The molecule has 43 heavy (non-hydrogen) atoms. The average molecular weight is 602 g/mol. The third kappa shape index (κ3) is 5.73. The zero-order chi connectivity index (χ0) is 30.1. The summed E-state index contributed by atoms with van der Waals surface area (Å²) in [6, 6.07) is 12.4. The van der Waals surface area contributed by atoms with Crippen LogP contribution in [0.25, 0.3) is 15.6 Å². The molecule has 3 aromatic rings. The Morgan fingerprint density at radius 1 is 1.19 bits per heavy atom. The van der Waals surface area contributed by atoms with Crippen LogP contribution in [0.2, 0.25) is 5.02 Å². The van der Waals surface area contributed by atoms with Gasteiger partial charge in [-0.15, -0.1) is 0 Å². The van der Waals surface area contributed by atoms with Crippen LogP contribution in [0, 0.1) is 6.57 Å². The minimum absolute atomic E-state index is 0.0916. The average Bonchev–Trinajstić information content (AvgIpc) is 3.48. The summed E-state index contributed by atoms with van der Waals surface area (Å²) in [5.41, 5.74) is 3.05. The molecule has 1 aromatic heterocycles. The molecule has 224 valence electrons. The summed E-state index contributed by atoms with van der Waals surface area (Å²) < 4.78 is 12.2. The fraction of sp³-hybridized carbons (Fsp3) is 0.438. The number of rotatable bonds is 7. The summed E-state index contributed by atoms with van der Waals surface area (Å²) in [7, 11) is 4.03. The van der Waals surface area contributed by atoms with Crippen molar-refractivity contribution < 1.29 is 14.3 Å². The lowest BCUT2D eigenvalue weighted by Crippen LogP contribution is -2.56. The van der Waals surface area contributed by atoms with Crippen molar-refractivity contribution in [2.45, 2.75) is 31.2 Å². The molecule has 2 saturated heterocycles. The highest BCUT2D eigenvalue weighted by Gasteiger charge is 2.36. The van der Waals surface area contributed by atoms with E-state index in [1.165, 1.54) is 6.08 Å². The standard InChI is InChI=1S/C32H36ClN7O3/c1-5-29(41)40-15-14-39(17-22(40)16-34-2)31-23-12-13-38(26-11-7-9-21-8-6-10-24(33)30(21)26)18-25(23)35-32(36-31)43-28-20-42-19-27(28)37(3)4/h5-11,22,27-28H,1,12-20H2,3-4H3/t22-,27+,28+/m0/s1. The number of nitrogens with zero attached hydrogens (tertiary/aromatic N) is 7. The first-order valence-electron chi connectivity index (χ1n) is 14.6. The largest absolute Gasteiger partial charge is 0.456 e. The first-order chi connectivity index (χ1) is 20.9. The van der Waals surface area contributed by atoms with Gasteiger partial charge in [0.05, 0.1) is 36.5 Å². The highest BCUT2D eigenvalue weighted by atomic mass is 35.5. The number of aromatic nitrogens is 2. The molecule has 0 saturated carbocycles. The van der Waals surface area contributed by atoms with Crippen LogP contribution >= 0.6 is 11.6 Å². The number of piperazine rings is 1. The normalized spacial score (nSPS) is 22.0. The number of ether oxygens (including phenoxy) is 2. The van der Waals surface area contributed by atoms with Gasteiger partial charge >= 0.3 is 6.01 Å². The van der Waals surface area contributed by atoms with Crippen molar-refractivity contribution in [2.75, 3.05) is 69.8 Å². The molecule has 4 heterocycles. The van der Waals surface area contributed by atoms with E-state index in [9.17, 15) is 4.79 Å². The molecular weight excluding hydrogens is 566 g/mol. The molecule has 0 N–H and O–H groups in total. The lowest BCUT2D eigenvalue weighted by molar-refractivity contribution is -0.128. The Morgan fingerprint density at radius 2 is 2.00 bits per heavy atom. The van der Waals surface area contributed by atoms with Crippen LogP contribution in [0.4, 0.5) is 11.5 Å². The van der Waals surface area contributed by atoms with Gasteiger partial charge in [-0.1, -0.05) is 42.4 Å². The van der Waals surface area contributed by atoms with E-state index in [1.54, 1.807) is 4.90 Å². The third-order valence-corrected chi connectivity index (χ3v) is 8.97. The zero-order valence-electron chi connectivity index (χ0n) is 24.6. The zero-order valence-corrected chi connectivity index (χ0v) is 25.3. The van der Waals surface area contributed by atoms with Crippen LogP contribution in [0.3, 0.4) is 0 Å². The van der Waals surface area contributed by atoms with Gasteiger partial charge in [0.1, 0.15) is 18.0 Å². The number of fused-ring (bicyclic) bond motifs is 2. The first kappa shape index (κ1) is 29.2. The van der Waals surface area contributed by atoms with Gasteiger partial charge in [-0.3, -0.25) is 4.79 Å². The second kappa shape index (κ2) is 12.4. The molecule has 3 aliphatic rings. The molecule has 0 radical (unpaired) electrons. The van der Waals surface area contributed by atoms with Crippen molar-refractivity contribution in [1.82, 2.24) is 19.8 Å². The van der Waals surface area contributed by atoms with Crippen molar-refractivity contribution in [3.05, 3.63) is 76.8 Å². The molecule has 0 bridgehead atoms. The van der Waals surface area contributed by atoms with E-state index >= 15 is 0 Å². The van der Waals surface area contributed by atoms with Gasteiger partial charge in [0.25, 0.3) is 0 Å². The van der Waals surface area contributed by atoms with Gasteiger partial charge < -0.3 is 33.9 Å². The lowest BCUT2D eigenvalue weighted by Gasteiger charge is -2.41. The molecule has 3 atom stereocenters. The summed E-state index contributed by atoms with van der Waals surface area (Å²) in [6.07, 6.45) is 1.86. The van der Waals surface area contributed by atoms with Gasteiger partial charge in [0.2, 0.25) is 12.5 Å². The molecular formula is C32H36ClN7O3. The predicted octanol–water partition coefficient (Wildman–Crippen LogP) is 3.68. The van der Waals surface area contributed by atoms with Crippen LogP contribution in [0.15, 0.2) is 49.1 Å². The van der Waals surface area contributed by atoms with Gasteiger partial charge in [-0.05, 0) is 44.1 Å². The predicted molar refractivity (Wildman–Crippen MR) is 168 cm³/mol. The molecule has 0 spiro atoms. The molecule has 6 rings (SSSR count). The Bertz CT molecular complexity index is 1570. The van der Waals surface area contributed by atoms with Crippen LogP contribution in [0.5, 0.6) is 6.01 Å². The molecule has 10 nitrogen and oxygen atoms in total. The van der Waals surface area contributed by atoms with E-state index in [4.69, 9.17) is 37.6 Å². The number of amides is 1. The highest BCUT2D eigenvalue weighted by Crippen LogP contribution is 2.37. The summed E-state index contributed by atoms with van der Waals surface area (Å²) >= 11 is 6.70. The van der Waals surface area contributed by atoms with E-state index in [-0.39, 0.29) is 30.6 Å².